The molecule has 18 heavy (non-hydrogen) atoms. The molecule has 2 nitrogen and oxygen atoms in total. The Morgan fingerprint density at radius 3 is 2.44 bits per heavy atom. The fourth-order valence-corrected chi connectivity index (χ4v) is 1.99. The van der Waals surface area contributed by atoms with E-state index in [1.54, 1.807) is 6.92 Å². The molecule has 0 spiro atoms. The largest absolute Gasteiger partial charge is 0.466 e. The topological polar surface area (TPSA) is 26.3 Å². The molecule has 1 saturated carbocycles. The van der Waals surface area contributed by atoms with Gasteiger partial charge in [0.2, 0.25) is 0 Å². The number of carbonyl (C=O) groups is 1. The summed E-state index contributed by atoms with van der Waals surface area (Å²) >= 11 is 0. The molecular formula is C13H13F3O2. The van der Waals surface area contributed by atoms with Crippen LogP contribution in [0.5, 0.6) is 0 Å². The van der Waals surface area contributed by atoms with Crippen LogP contribution in [0.3, 0.4) is 0 Å². The number of benzene rings is 1. The first kappa shape index (κ1) is 12.9. The van der Waals surface area contributed by atoms with Gasteiger partial charge < -0.3 is 4.74 Å². The van der Waals surface area contributed by atoms with Crippen LogP contribution < -0.4 is 0 Å². The van der Waals surface area contributed by atoms with Gasteiger partial charge in [0, 0.05) is 0 Å². The van der Waals surface area contributed by atoms with Crippen LogP contribution in [0.25, 0.3) is 0 Å². The molecule has 0 radical (unpaired) electrons. The highest BCUT2D eigenvalue weighted by atomic mass is 19.4. The van der Waals surface area contributed by atoms with Crippen molar-refractivity contribution in [1.82, 2.24) is 0 Å². The molecule has 0 saturated heterocycles. The van der Waals surface area contributed by atoms with Gasteiger partial charge in [-0.1, -0.05) is 12.1 Å². The first-order valence-corrected chi connectivity index (χ1v) is 5.77. The van der Waals surface area contributed by atoms with Gasteiger partial charge in [0.05, 0.1) is 18.1 Å². The van der Waals surface area contributed by atoms with Gasteiger partial charge in [0.15, 0.2) is 0 Å². The van der Waals surface area contributed by atoms with Crippen LogP contribution >= 0.6 is 0 Å². The maximum Gasteiger partial charge on any atom is 0.416 e. The molecule has 1 fully saturated rings. The van der Waals surface area contributed by atoms with Crippen LogP contribution in [0.15, 0.2) is 24.3 Å². The Kier molecular flexibility index (Phi) is 3.32. The third-order valence-corrected chi connectivity index (χ3v) is 3.05. The molecule has 2 atom stereocenters. The summed E-state index contributed by atoms with van der Waals surface area (Å²) < 4.78 is 42.0. The Labute approximate surface area is 103 Å². The predicted octanol–water partition coefficient (Wildman–Crippen LogP) is 3.37. The summed E-state index contributed by atoms with van der Waals surface area (Å²) in [6.45, 7) is 2.06. The fourth-order valence-electron chi connectivity index (χ4n) is 1.99. The summed E-state index contributed by atoms with van der Waals surface area (Å²) in [7, 11) is 0. The maximum atomic E-state index is 12.4. The molecule has 0 aromatic heterocycles. The van der Waals surface area contributed by atoms with Gasteiger partial charge in [-0.25, -0.2) is 0 Å². The second-order valence-electron chi connectivity index (χ2n) is 4.32. The van der Waals surface area contributed by atoms with Crippen LogP contribution in [0.4, 0.5) is 13.2 Å². The summed E-state index contributed by atoms with van der Waals surface area (Å²) in [6, 6.07) is 4.98. The molecule has 1 aromatic carbocycles. The molecule has 0 bridgehead atoms. The molecular weight excluding hydrogens is 245 g/mol. The Hall–Kier alpha value is -1.52. The van der Waals surface area contributed by atoms with E-state index < -0.39 is 11.7 Å². The molecule has 98 valence electrons. The van der Waals surface area contributed by atoms with Crippen molar-refractivity contribution in [1.29, 1.82) is 0 Å². The van der Waals surface area contributed by atoms with Crippen LogP contribution in [0, 0.1) is 5.92 Å². The van der Waals surface area contributed by atoms with Gasteiger partial charge in [-0.05, 0) is 37.0 Å². The number of halogens is 3. The SMILES string of the molecule is CCOC(=O)[C@H]1C[C@@H]1c1ccc(C(F)(F)F)cc1. The van der Waals surface area contributed by atoms with Crippen LogP contribution in [-0.4, -0.2) is 12.6 Å². The van der Waals surface area contributed by atoms with Crippen molar-refractivity contribution in [3.8, 4) is 0 Å². The van der Waals surface area contributed by atoms with Crippen molar-refractivity contribution in [2.75, 3.05) is 6.61 Å². The molecule has 1 aliphatic rings. The maximum absolute atomic E-state index is 12.4. The number of hydrogen-bond acceptors (Lipinski definition) is 2. The van der Waals surface area contributed by atoms with Crippen molar-refractivity contribution < 1.29 is 22.7 Å². The Balaban J connectivity index is 2.03. The fraction of sp³-hybridized carbons (Fsp3) is 0.462. The highest BCUT2D eigenvalue weighted by Gasteiger charge is 2.45. The van der Waals surface area contributed by atoms with Crippen molar-refractivity contribution in [2.45, 2.75) is 25.4 Å². The Bertz CT molecular complexity index is 437. The zero-order valence-electron chi connectivity index (χ0n) is 9.83. The van der Waals surface area contributed by atoms with Gasteiger partial charge in [-0.3, -0.25) is 4.79 Å². The third kappa shape index (κ3) is 2.66. The van der Waals surface area contributed by atoms with Gasteiger partial charge in [-0.2, -0.15) is 13.2 Å². The van der Waals surface area contributed by atoms with E-state index in [1.165, 1.54) is 12.1 Å². The smallest absolute Gasteiger partial charge is 0.416 e. The van der Waals surface area contributed by atoms with Crippen molar-refractivity contribution in [3.63, 3.8) is 0 Å². The average molecular weight is 258 g/mol. The number of alkyl halides is 3. The van der Waals surface area contributed by atoms with Gasteiger partial charge in [0.1, 0.15) is 0 Å². The quantitative estimate of drug-likeness (QED) is 0.777. The summed E-state index contributed by atoms with van der Waals surface area (Å²) in [5, 5.41) is 0. The molecule has 5 heteroatoms. The molecule has 0 N–H and O–H groups in total. The van der Waals surface area contributed by atoms with Crippen LogP contribution in [0.2, 0.25) is 0 Å². The lowest BCUT2D eigenvalue weighted by molar-refractivity contribution is -0.144. The van der Waals surface area contributed by atoms with E-state index in [4.69, 9.17) is 4.74 Å². The van der Waals surface area contributed by atoms with E-state index in [2.05, 4.69) is 0 Å². The van der Waals surface area contributed by atoms with Crippen molar-refractivity contribution in [3.05, 3.63) is 35.4 Å². The first-order chi connectivity index (χ1) is 8.43. The normalized spacial score (nSPS) is 22.7. The van der Waals surface area contributed by atoms with E-state index in [0.717, 1.165) is 17.7 Å². The summed E-state index contributed by atoms with van der Waals surface area (Å²) in [5.74, 6) is -0.449. The van der Waals surface area contributed by atoms with Crippen molar-refractivity contribution in [2.24, 2.45) is 5.92 Å². The molecule has 2 rings (SSSR count). The molecule has 1 aromatic rings. The van der Waals surface area contributed by atoms with E-state index in [9.17, 15) is 18.0 Å². The number of carbonyl (C=O) groups excluding carboxylic acids is 1. The summed E-state index contributed by atoms with van der Waals surface area (Å²) in [5.41, 5.74) is 0.0978. The van der Waals surface area contributed by atoms with Gasteiger partial charge >= 0.3 is 12.1 Å². The Morgan fingerprint density at radius 2 is 1.94 bits per heavy atom. The zero-order chi connectivity index (χ0) is 13.3. The highest BCUT2D eigenvalue weighted by molar-refractivity contribution is 5.77. The molecule has 0 unspecified atom stereocenters. The van der Waals surface area contributed by atoms with E-state index in [1.807, 2.05) is 0 Å². The van der Waals surface area contributed by atoms with Crippen LogP contribution in [0.1, 0.15) is 30.4 Å². The average Bonchev–Trinajstić information content (AvgIpc) is 3.08. The summed E-state index contributed by atoms with van der Waals surface area (Å²) in [4.78, 5) is 11.4. The molecule has 0 amide bonds. The van der Waals surface area contributed by atoms with Crippen molar-refractivity contribution >= 4 is 5.97 Å². The minimum absolute atomic E-state index is 0.00586. The lowest BCUT2D eigenvalue weighted by Gasteiger charge is -2.07. The van der Waals surface area contributed by atoms with E-state index in [-0.39, 0.29) is 17.8 Å². The minimum atomic E-state index is -4.32. The lowest BCUT2D eigenvalue weighted by Crippen LogP contribution is -2.07. The van der Waals surface area contributed by atoms with Crippen LogP contribution in [-0.2, 0) is 15.7 Å². The van der Waals surface area contributed by atoms with E-state index >= 15 is 0 Å². The monoisotopic (exact) mass is 258 g/mol. The van der Waals surface area contributed by atoms with Gasteiger partial charge in [-0.15, -0.1) is 0 Å². The summed E-state index contributed by atoms with van der Waals surface area (Å²) in [6.07, 6.45) is -3.66. The second kappa shape index (κ2) is 4.63. The standard InChI is InChI=1S/C13H13F3O2/c1-2-18-12(17)11-7-10(11)8-3-5-9(6-4-8)13(14,15)16/h3-6,10-11H,2,7H2,1H3/t10-,11+/m1/s1. The number of esters is 1. The first-order valence-electron chi connectivity index (χ1n) is 5.77. The zero-order valence-corrected chi connectivity index (χ0v) is 9.83. The number of rotatable bonds is 3. The lowest BCUT2D eigenvalue weighted by atomic mass is 10.1. The highest BCUT2D eigenvalue weighted by Crippen LogP contribution is 2.48. The van der Waals surface area contributed by atoms with Gasteiger partial charge in [0.25, 0.3) is 0 Å². The molecule has 0 aliphatic heterocycles. The number of hydrogen-bond donors (Lipinski definition) is 0. The second-order valence-corrected chi connectivity index (χ2v) is 4.32. The predicted molar refractivity (Wildman–Crippen MR) is 58.9 cm³/mol. The molecule has 0 heterocycles. The number of ether oxygens (including phenoxy) is 1. The molecule has 1 aliphatic carbocycles. The third-order valence-electron chi connectivity index (χ3n) is 3.05. The van der Waals surface area contributed by atoms with E-state index in [0.29, 0.717) is 13.0 Å². The minimum Gasteiger partial charge on any atom is -0.466 e. The Morgan fingerprint density at radius 1 is 1.33 bits per heavy atom.